The molecule has 0 aliphatic rings. The topological polar surface area (TPSA) is 102 Å². The summed E-state index contributed by atoms with van der Waals surface area (Å²) in [6, 6.07) is 0. The molecule has 0 aliphatic heterocycles. The Morgan fingerprint density at radius 1 is 1.11 bits per heavy atom. The predicted molar refractivity (Wildman–Crippen MR) is 70.3 cm³/mol. The summed E-state index contributed by atoms with van der Waals surface area (Å²) < 4.78 is 31.3. The summed E-state index contributed by atoms with van der Waals surface area (Å²) in [5, 5.41) is 0. The first kappa shape index (κ1) is 17.8. The number of rotatable bonds is 5. The van der Waals surface area contributed by atoms with Crippen molar-refractivity contribution >= 4 is 22.1 Å². The Balaban J connectivity index is 4.70. The third-order valence-electron chi connectivity index (χ3n) is 2.45. The Morgan fingerprint density at radius 2 is 1.58 bits per heavy atom. The molecule has 0 aromatic rings. The molecule has 0 spiro atoms. The van der Waals surface area contributed by atoms with Gasteiger partial charge in [-0.25, -0.2) is 9.44 Å². The Morgan fingerprint density at radius 3 is 1.95 bits per heavy atom. The van der Waals surface area contributed by atoms with Crippen LogP contribution in [-0.4, -0.2) is 32.9 Å². The molecule has 2 N–H and O–H groups in total. The van der Waals surface area contributed by atoms with Crippen LogP contribution in [0.2, 0.25) is 0 Å². The normalized spacial score (nSPS) is 15.5. The van der Waals surface area contributed by atoms with Gasteiger partial charge in [0.15, 0.2) is 0 Å². The number of carbonyl (C=O) groups excluding carboxylic acids is 2. The maximum absolute atomic E-state index is 11.8. The third-order valence-corrected chi connectivity index (χ3v) is 3.45. The minimum Gasteiger partial charge on any atom is -0.460 e. The van der Waals surface area contributed by atoms with Crippen LogP contribution in [0.3, 0.4) is 0 Å². The average Bonchev–Trinajstić information content (AvgIpc) is 2.24. The molecule has 0 rings (SSSR count). The van der Waals surface area contributed by atoms with E-state index >= 15 is 0 Å². The fraction of sp³-hybridized carbons (Fsp3) is 0.818. The third kappa shape index (κ3) is 6.53. The van der Waals surface area contributed by atoms with E-state index in [1.54, 1.807) is 20.8 Å². The van der Waals surface area contributed by atoms with Crippen LogP contribution in [0.4, 0.5) is 0 Å². The second kappa shape index (κ2) is 6.33. The fourth-order valence-electron chi connectivity index (χ4n) is 1.10. The summed E-state index contributed by atoms with van der Waals surface area (Å²) in [5.74, 6) is -2.87. The van der Waals surface area contributed by atoms with Crippen molar-refractivity contribution in [2.75, 3.05) is 7.05 Å². The van der Waals surface area contributed by atoms with Gasteiger partial charge in [-0.15, -0.1) is 0 Å². The van der Waals surface area contributed by atoms with E-state index in [1.807, 2.05) is 9.44 Å². The SMILES string of the molecule is CNS(=O)(=O)NC(=O)C(C)C(C)C(=O)OC(C)(C)C. The highest BCUT2D eigenvalue weighted by Gasteiger charge is 2.31. The molecule has 0 bridgehead atoms. The molecule has 0 saturated carbocycles. The van der Waals surface area contributed by atoms with E-state index in [9.17, 15) is 18.0 Å². The van der Waals surface area contributed by atoms with Crippen LogP contribution in [0, 0.1) is 11.8 Å². The number of hydrogen-bond acceptors (Lipinski definition) is 5. The fourth-order valence-corrected chi connectivity index (χ4v) is 1.66. The van der Waals surface area contributed by atoms with Crippen LogP contribution in [-0.2, 0) is 24.5 Å². The monoisotopic (exact) mass is 294 g/mol. The Hall–Kier alpha value is -1.15. The van der Waals surface area contributed by atoms with E-state index in [0.29, 0.717) is 0 Å². The first-order chi connectivity index (χ1) is 8.39. The molecule has 0 fully saturated rings. The van der Waals surface area contributed by atoms with Crippen molar-refractivity contribution in [1.29, 1.82) is 0 Å². The Labute approximate surface area is 114 Å². The summed E-state index contributed by atoms with van der Waals surface area (Å²) >= 11 is 0. The van der Waals surface area contributed by atoms with E-state index in [1.165, 1.54) is 20.9 Å². The summed E-state index contributed by atoms with van der Waals surface area (Å²) in [7, 11) is -2.68. The van der Waals surface area contributed by atoms with Gasteiger partial charge in [-0.1, -0.05) is 13.8 Å². The number of ether oxygens (including phenoxy) is 1. The van der Waals surface area contributed by atoms with E-state index in [4.69, 9.17) is 4.74 Å². The van der Waals surface area contributed by atoms with Crippen molar-refractivity contribution in [1.82, 2.24) is 9.44 Å². The molecule has 2 atom stereocenters. The smallest absolute Gasteiger partial charge is 0.309 e. The highest BCUT2D eigenvalue weighted by atomic mass is 32.2. The summed E-state index contributed by atoms with van der Waals surface area (Å²) in [5.41, 5.74) is -0.654. The molecule has 7 nitrogen and oxygen atoms in total. The number of esters is 1. The lowest BCUT2D eigenvalue weighted by molar-refractivity contribution is -0.162. The lowest BCUT2D eigenvalue weighted by Crippen LogP contribution is -2.44. The van der Waals surface area contributed by atoms with E-state index in [-0.39, 0.29) is 0 Å². The molecule has 0 aliphatic carbocycles. The molecule has 8 heteroatoms. The molecule has 0 aromatic heterocycles. The molecule has 0 radical (unpaired) electrons. The van der Waals surface area contributed by atoms with Gasteiger partial charge in [0.25, 0.3) is 0 Å². The minimum atomic E-state index is -3.86. The first-order valence-electron chi connectivity index (χ1n) is 5.87. The lowest BCUT2D eigenvalue weighted by atomic mass is 9.95. The van der Waals surface area contributed by atoms with Crippen LogP contribution >= 0.6 is 0 Å². The van der Waals surface area contributed by atoms with Crippen LogP contribution in [0.25, 0.3) is 0 Å². The molecule has 0 aromatic carbocycles. The second-order valence-corrected chi connectivity index (χ2v) is 6.90. The van der Waals surface area contributed by atoms with E-state index in [2.05, 4.69) is 0 Å². The molecule has 2 unspecified atom stereocenters. The molecule has 1 amide bonds. The van der Waals surface area contributed by atoms with Gasteiger partial charge >= 0.3 is 16.2 Å². The van der Waals surface area contributed by atoms with Gasteiger partial charge in [0.2, 0.25) is 5.91 Å². The summed E-state index contributed by atoms with van der Waals surface area (Å²) in [4.78, 5) is 23.5. The van der Waals surface area contributed by atoms with Crippen LogP contribution in [0.5, 0.6) is 0 Å². The van der Waals surface area contributed by atoms with Crippen molar-refractivity contribution in [3.8, 4) is 0 Å². The zero-order chi connectivity index (χ0) is 15.4. The zero-order valence-corrected chi connectivity index (χ0v) is 12.9. The zero-order valence-electron chi connectivity index (χ0n) is 12.1. The second-order valence-electron chi connectivity index (χ2n) is 5.28. The van der Waals surface area contributed by atoms with Gasteiger partial charge < -0.3 is 4.74 Å². The minimum absolute atomic E-state index is 0.544. The van der Waals surface area contributed by atoms with Crippen molar-refractivity contribution in [2.24, 2.45) is 11.8 Å². The molecular weight excluding hydrogens is 272 g/mol. The molecule has 0 heterocycles. The quantitative estimate of drug-likeness (QED) is 0.704. The van der Waals surface area contributed by atoms with Gasteiger partial charge in [0, 0.05) is 13.0 Å². The maximum atomic E-state index is 11.8. The maximum Gasteiger partial charge on any atom is 0.309 e. The van der Waals surface area contributed by atoms with Crippen LogP contribution < -0.4 is 9.44 Å². The van der Waals surface area contributed by atoms with Gasteiger partial charge in [-0.2, -0.15) is 8.42 Å². The van der Waals surface area contributed by atoms with E-state index < -0.39 is 39.5 Å². The predicted octanol–water partition coefficient (Wildman–Crippen LogP) is 0.181. The largest absolute Gasteiger partial charge is 0.460 e. The van der Waals surface area contributed by atoms with Crippen molar-refractivity contribution in [3.63, 3.8) is 0 Å². The van der Waals surface area contributed by atoms with Crippen molar-refractivity contribution in [3.05, 3.63) is 0 Å². The first-order valence-corrected chi connectivity index (χ1v) is 7.36. The van der Waals surface area contributed by atoms with Gasteiger partial charge in [-0.3, -0.25) is 9.59 Å². The molecule has 112 valence electrons. The Bertz CT molecular complexity index is 438. The number of hydrogen-bond donors (Lipinski definition) is 2. The van der Waals surface area contributed by atoms with E-state index in [0.717, 1.165) is 0 Å². The highest BCUT2D eigenvalue weighted by Crippen LogP contribution is 2.17. The number of carbonyl (C=O) groups is 2. The van der Waals surface area contributed by atoms with Crippen LogP contribution in [0.15, 0.2) is 0 Å². The van der Waals surface area contributed by atoms with Gasteiger partial charge in [-0.05, 0) is 20.8 Å². The standard InChI is InChI=1S/C11H22N2O5S/c1-7(9(14)13-19(16,17)12-6)8(2)10(15)18-11(3,4)5/h7-8,12H,1-6H3,(H,13,14). The average molecular weight is 294 g/mol. The number of amides is 1. The molecule has 0 saturated heterocycles. The Kier molecular flexibility index (Phi) is 5.95. The summed E-state index contributed by atoms with van der Waals surface area (Å²) in [6.07, 6.45) is 0. The van der Waals surface area contributed by atoms with Gasteiger partial charge in [0.1, 0.15) is 5.60 Å². The summed E-state index contributed by atoms with van der Waals surface area (Å²) in [6.45, 7) is 8.13. The highest BCUT2D eigenvalue weighted by molar-refractivity contribution is 7.88. The molecular formula is C11H22N2O5S. The van der Waals surface area contributed by atoms with Crippen molar-refractivity contribution < 1.29 is 22.7 Å². The van der Waals surface area contributed by atoms with Crippen LogP contribution in [0.1, 0.15) is 34.6 Å². The molecule has 19 heavy (non-hydrogen) atoms. The lowest BCUT2D eigenvalue weighted by Gasteiger charge is -2.24. The van der Waals surface area contributed by atoms with Gasteiger partial charge in [0.05, 0.1) is 5.92 Å². The van der Waals surface area contributed by atoms with Crippen molar-refractivity contribution in [2.45, 2.75) is 40.2 Å². The number of nitrogens with one attached hydrogen (secondary N) is 2.